The summed E-state index contributed by atoms with van der Waals surface area (Å²) in [5.41, 5.74) is 0.466. The van der Waals surface area contributed by atoms with Crippen LogP contribution in [0.5, 0.6) is 11.6 Å². The number of hydrogen-bond donors (Lipinski definition) is 0. The number of hydrazone groups is 1. The number of aldehydes is 1. The molecule has 3 heterocycles. The van der Waals surface area contributed by atoms with Gasteiger partial charge in [-0.3, -0.25) is 5.01 Å². The van der Waals surface area contributed by atoms with Crippen LogP contribution in [-0.4, -0.2) is 55.5 Å². The van der Waals surface area contributed by atoms with E-state index in [0.29, 0.717) is 28.6 Å². The zero-order valence-corrected chi connectivity index (χ0v) is 21.0. The normalized spacial score (nSPS) is 24.5. The van der Waals surface area contributed by atoms with Crippen molar-refractivity contribution in [3.05, 3.63) is 41.6 Å². The van der Waals surface area contributed by atoms with Gasteiger partial charge in [-0.15, -0.1) is 0 Å². The number of rotatable bonds is 7. The highest BCUT2D eigenvalue weighted by atomic mass is 35.5. The van der Waals surface area contributed by atoms with E-state index >= 15 is 0 Å². The van der Waals surface area contributed by atoms with Crippen LogP contribution in [-0.2, 0) is 4.79 Å². The summed E-state index contributed by atoms with van der Waals surface area (Å²) in [5.74, 6) is 0.386. The predicted octanol–water partition coefficient (Wildman–Crippen LogP) is 5.37. The second-order valence-electron chi connectivity index (χ2n) is 9.13. The van der Waals surface area contributed by atoms with Crippen LogP contribution in [0.2, 0.25) is 5.02 Å². The smallest absolute Gasteiger partial charge is 0.431 e. The van der Waals surface area contributed by atoms with Gasteiger partial charge in [0.2, 0.25) is 5.88 Å². The van der Waals surface area contributed by atoms with Gasteiger partial charge in [-0.1, -0.05) is 25.4 Å². The fraction of sp³-hybridized carbons (Fsp3) is 0.480. The molecule has 0 amide bonds. The lowest BCUT2D eigenvalue weighted by atomic mass is 9.95. The first-order valence-corrected chi connectivity index (χ1v) is 12.1. The molecule has 4 rings (SSSR count). The van der Waals surface area contributed by atoms with Crippen molar-refractivity contribution in [1.29, 1.82) is 0 Å². The summed E-state index contributed by atoms with van der Waals surface area (Å²) >= 11 is 6.36. The van der Waals surface area contributed by atoms with Gasteiger partial charge < -0.3 is 19.2 Å². The number of hydrogen-bond acceptors (Lipinski definition) is 7. The lowest BCUT2D eigenvalue weighted by Gasteiger charge is -2.38. The first-order chi connectivity index (χ1) is 17.1. The molecule has 1 aromatic carbocycles. The Bertz CT molecular complexity index is 1110. The number of anilines is 2. The SMILES string of the molecule is COc1cc(N2CCC(Oc3ccc(N4N=C(C(F)(F)F)C(C)C4CC=O)cc3)C(C)C2)c(Cl)cn1. The van der Waals surface area contributed by atoms with Gasteiger partial charge in [0.1, 0.15) is 23.9 Å². The van der Waals surface area contributed by atoms with E-state index in [1.165, 1.54) is 11.9 Å². The standard InChI is InChI=1S/C25H28ClF3N4O3/c1-15-14-32(21-12-23(35-3)30-13-19(21)26)10-8-22(15)36-18-6-4-17(5-7-18)33-20(9-11-34)16(2)24(31-33)25(27,28)29/h4-7,11-13,15-16,20,22H,8-10,14H2,1-3H3. The molecule has 1 aromatic heterocycles. The van der Waals surface area contributed by atoms with Crippen LogP contribution in [0.15, 0.2) is 41.6 Å². The topological polar surface area (TPSA) is 67.3 Å². The quantitative estimate of drug-likeness (QED) is 0.454. The Morgan fingerprint density at radius 2 is 1.94 bits per heavy atom. The molecule has 2 aromatic rings. The summed E-state index contributed by atoms with van der Waals surface area (Å²) in [6, 6.07) is 7.93. The maximum Gasteiger partial charge on any atom is 0.431 e. The molecule has 36 heavy (non-hydrogen) atoms. The molecule has 4 atom stereocenters. The second kappa shape index (κ2) is 10.5. The molecule has 0 radical (unpaired) electrons. The van der Waals surface area contributed by atoms with Crippen molar-refractivity contribution in [2.75, 3.05) is 30.1 Å². The number of pyridine rings is 1. The Hall–Kier alpha value is -3.01. The Kier molecular flexibility index (Phi) is 7.63. The van der Waals surface area contributed by atoms with E-state index in [1.807, 2.05) is 6.07 Å². The molecule has 0 saturated carbocycles. The number of halogens is 4. The van der Waals surface area contributed by atoms with Gasteiger partial charge in [0.05, 0.1) is 35.7 Å². The molecule has 11 heteroatoms. The van der Waals surface area contributed by atoms with E-state index in [0.717, 1.165) is 25.2 Å². The molecule has 7 nitrogen and oxygen atoms in total. The van der Waals surface area contributed by atoms with Gasteiger partial charge in [0, 0.05) is 43.8 Å². The molecule has 0 spiro atoms. The highest BCUT2D eigenvalue weighted by molar-refractivity contribution is 6.33. The van der Waals surface area contributed by atoms with Gasteiger partial charge in [0.15, 0.2) is 0 Å². The number of benzene rings is 1. The van der Waals surface area contributed by atoms with Crippen LogP contribution in [0, 0.1) is 11.8 Å². The van der Waals surface area contributed by atoms with Gasteiger partial charge in [-0.2, -0.15) is 18.3 Å². The maximum atomic E-state index is 13.4. The zero-order chi connectivity index (χ0) is 26.0. The van der Waals surface area contributed by atoms with E-state index in [1.54, 1.807) is 37.6 Å². The lowest BCUT2D eigenvalue weighted by molar-refractivity contribution is -0.108. The summed E-state index contributed by atoms with van der Waals surface area (Å²) < 4.78 is 51.6. The molecule has 2 aliphatic rings. The molecule has 1 fully saturated rings. The highest BCUT2D eigenvalue weighted by Gasteiger charge is 2.48. The lowest BCUT2D eigenvalue weighted by Crippen LogP contribution is -2.44. The number of ether oxygens (including phenoxy) is 2. The first-order valence-electron chi connectivity index (χ1n) is 11.7. The first kappa shape index (κ1) is 26.1. The van der Waals surface area contributed by atoms with Crippen molar-refractivity contribution in [2.45, 2.75) is 45.0 Å². The summed E-state index contributed by atoms with van der Waals surface area (Å²) in [4.78, 5) is 17.4. The second-order valence-corrected chi connectivity index (χ2v) is 9.53. The molecular weight excluding hydrogens is 497 g/mol. The Labute approximate surface area is 212 Å². The largest absolute Gasteiger partial charge is 0.490 e. The van der Waals surface area contributed by atoms with E-state index < -0.39 is 23.8 Å². The maximum absolute atomic E-state index is 13.4. The molecule has 2 aliphatic heterocycles. The highest BCUT2D eigenvalue weighted by Crippen LogP contribution is 2.37. The fourth-order valence-corrected chi connectivity index (χ4v) is 5.00. The number of methoxy groups -OCH3 is 1. The van der Waals surface area contributed by atoms with Crippen LogP contribution in [0.4, 0.5) is 24.5 Å². The third-order valence-corrected chi connectivity index (χ3v) is 7.03. The Morgan fingerprint density at radius 3 is 2.56 bits per heavy atom. The molecule has 4 unspecified atom stereocenters. The summed E-state index contributed by atoms with van der Waals surface area (Å²) in [5, 5.41) is 5.67. The summed E-state index contributed by atoms with van der Waals surface area (Å²) in [6.45, 7) is 5.00. The van der Waals surface area contributed by atoms with Crippen molar-refractivity contribution < 1.29 is 27.4 Å². The third-order valence-electron chi connectivity index (χ3n) is 6.74. The number of carbonyl (C=O) groups excluding carboxylic acids is 1. The third kappa shape index (κ3) is 5.38. The minimum atomic E-state index is -4.55. The number of alkyl halides is 3. The van der Waals surface area contributed by atoms with Crippen LogP contribution in [0.3, 0.4) is 0 Å². The van der Waals surface area contributed by atoms with Gasteiger partial charge in [-0.25, -0.2) is 4.98 Å². The minimum Gasteiger partial charge on any atom is -0.490 e. The van der Waals surface area contributed by atoms with Crippen LogP contribution < -0.4 is 19.4 Å². The van der Waals surface area contributed by atoms with Crippen molar-refractivity contribution in [3.63, 3.8) is 0 Å². The molecule has 194 valence electrons. The van der Waals surface area contributed by atoms with Crippen LogP contribution in [0.25, 0.3) is 0 Å². The van der Waals surface area contributed by atoms with Crippen LogP contribution in [0.1, 0.15) is 26.7 Å². The molecular formula is C25H28ClF3N4O3. The average molecular weight is 525 g/mol. The van der Waals surface area contributed by atoms with Crippen molar-refractivity contribution >= 4 is 35.0 Å². The number of aromatic nitrogens is 1. The van der Waals surface area contributed by atoms with E-state index in [2.05, 4.69) is 21.9 Å². The molecule has 0 aliphatic carbocycles. The van der Waals surface area contributed by atoms with E-state index in [9.17, 15) is 18.0 Å². The van der Waals surface area contributed by atoms with Crippen molar-refractivity contribution in [2.24, 2.45) is 16.9 Å². The number of piperidine rings is 1. The predicted molar refractivity (Wildman–Crippen MR) is 132 cm³/mol. The number of carbonyl (C=O) groups is 1. The van der Waals surface area contributed by atoms with Crippen molar-refractivity contribution in [3.8, 4) is 11.6 Å². The molecule has 1 saturated heterocycles. The molecule has 0 bridgehead atoms. The Morgan fingerprint density at radius 1 is 1.22 bits per heavy atom. The monoisotopic (exact) mass is 524 g/mol. The van der Waals surface area contributed by atoms with Crippen LogP contribution >= 0.6 is 11.6 Å². The summed E-state index contributed by atoms with van der Waals surface area (Å²) in [7, 11) is 1.56. The average Bonchev–Trinajstić information content (AvgIpc) is 3.18. The van der Waals surface area contributed by atoms with E-state index in [-0.39, 0.29) is 18.4 Å². The molecule has 0 N–H and O–H groups in total. The Balaban J connectivity index is 1.43. The fourth-order valence-electron chi connectivity index (χ4n) is 4.78. The van der Waals surface area contributed by atoms with Gasteiger partial charge in [-0.05, 0) is 24.3 Å². The number of nitrogens with zero attached hydrogens (tertiary/aromatic N) is 4. The van der Waals surface area contributed by atoms with Crippen molar-refractivity contribution in [1.82, 2.24) is 4.98 Å². The van der Waals surface area contributed by atoms with Gasteiger partial charge >= 0.3 is 6.18 Å². The van der Waals surface area contributed by atoms with Gasteiger partial charge in [0.25, 0.3) is 0 Å². The van der Waals surface area contributed by atoms with E-state index in [4.69, 9.17) is 21.1 Å². The zero-order valence-electron chi connectivity index (χ0n) is 20.2. The minimum absolute atomic E-state index is 0.0425. The summed E-state index contributed by atoms with van der Waals surface area (Å²) in [6.07, 6.45) is -1.68.